The van der Waals surface area contributed by atoms with E-state index in [1.54, 1.807) is 7.11 Å². The molecule has 0 aliphatic heterocycles. The van der Waals surface area contributed by atoms with Crippen LogP contribution in [0.25, 0.3) is 0 Å². The van der Waals surface area contributed by atoms with Crippen molar-refractivity contribution < 1.29 is 19.0 Å². The summed E-state index contributed by atoms with van der Waals surface area (Å²) in [4.78, 5) is 10.3. The average Bonchev–Trinajstić information content (AvgIpc) is 2.19. The molecule has 15 heavy (non-hydrogen) atoms. The Balaban J connectivity index is 0. The topological polar surface area (TPSA) is 44.8 Å². The number of hydrogen-bond acceptors (Lipinski definition) is 4. The highest BCUT2D eigenvalue weighted by atomic mass is 16.5. The lowest BCUT2D eigenvalue weighted by molar-refractivity contribution is -0.141. The first-order chi connectivity index (χ1) is 7.08. The maximum absolute atomic E-state index is 10.3. The number of hydrogen-bond donors (Lipinski definition) is 0. The molecule has 0 N–H and O–H groups in total. The lowest BCUT2D eigenvalue weighted by Crippen LogP contribution is -2.10. The van der Waals surface area contributed by atoms with E-state index in [-0.39, 0.29) is 12.1 Å². The smallest absolute Gasteiger partial charge is 0.302 e. The zero-order valence-electron chi connectivity index (χ0n) is 10.5. The Bertz CT molecular complexity index is 135. The summed E-state index contributed by atoms with van der Waals surface area (Å²) < 4.78 is 14.5. The highest BCUT2D eigenvalue weighted by Gasteiger charge is 1.99. The lowest BCUT2D eigenvalue weighted by Gasteiger charge is -2.07. The van der Waals surface area contributed by atoms with Crippen molar-refractivity contribution in [2.75, 3.05) is 26.9 Å². The molecule has 0 spiro atoms. The van der Waals surface area contributed by atoms with Crippen LogP contribution in [0, 0.1) is 0 Å². The minimum atomic E-state index is -0.233. The van der Waals surface area contributed by atoms with E-state index in [0.29, 0.717) is 6.61 Å². The molecule has 0 aromatic rings. The van der Waals surface area contributed by atoms with Gasteiger partial charge in [-0.25, -0.2) is 0 Å². The first-order valence-electron chi connectivity index (χ1n) is 5.32. The van der Waals surface area contributed by atoms with Gasteiger partial charge in [-0.3, -0.25) is 4.79 Å². The van der Waals surface area contributed by atoms with Crippen LogP contribution in [0.15, 0.2) is 0 Å². The first-order valence-corrected chi connectivity index (χ1v) is 5.32. The van der Waals surface area contributed by atoms with Crippen molar-refractivity contribution in [3.8, 4) is 0 Å². The molecule has 1 unspecified atom stereocenters. The SMILES string of the molecule is CCOCC.COC(C)CCOC(C)=O. The molecule has 0 saturated heterocycles. The molecule has 1 atom stereocenters. The van der Waals surface area contributed by atoms with Gasteiger partial charge in [0.05, 0.1) is 12.7 Å². The van der Waals surface area contributed by atoms with Crippen LogP contribution in [0.5, 0.6) is 0 Å². The highest BCUT2D eigenvalue weighted by Crippen LogP contribution is 1.94. The van der Waals surface area contributed by atoms with Crippen LogP contribution in [0.3, 0.4) is 0 Å². The van der Waals surface area contributed by atoms with Gasteiger partial charge in [0, 0.05) is 33.7 Å². The fraction of sp³-hybridized carbons (Fsp3) is 0.909. The zero-order valence-corrected chi connectivity index (χ0v) is 10.5. The zero-order chi connectivity index (χ0) is 12.1. The second-order valence-corrected chi connectivity index (χ2v) is 2.96. The van der Waals surface area contributed by atoms with E-state index in [1.165, 1.54) is 6.92 Å². The fourth-order valence-electron chi connectivity index (χ4n) is 0.691. The maximum Gasteiger partial charge on any atom is 0.302 e. The molecule has 4 heteroatoms. The van der Waals surface area contributed by atoms with Crippen molar-refractivity contribution in [1.82, 2.24) is 0 Å². The second kappa shape index (κ2) is 13.4. The monoisotopic (exact) mass is 220 g/mol. The molecule has 0 aromatic heterocycles. The van der Waals surface area contributed by atoms with Gasteiger partial charge in [-0.05, 0) is 20.8 Å². The summed E-state index contributed by atoms with van der Waals surface area (Å²) in [7, 11) is 1.64. The van der Waals surface area contributed by atoms with Gasteiger partial charge in [0.15, 0.2) is 0 Å². The molecule has 0 radical (unpaired) electrons. The van der Waals surface area contributed by atoms with Crippen LogP contribution in [0.1, 0.15) is 34.1 Å². The number of methoxy groups -OCH3 is 1. The number of carbonyl (C=O) groups excluding carboxylic acids is 1. The van der Waals surface area contributed by atoms with Gasteiger partial charge in [-0.15, -0.1) is 0 Å². The van der Waals surface area contributed by atoms with Crippen molar-refractivity contribution >= 4 is 5.97 Å². The minimum Gasteiger partial charge on any atom is -0.466 e. The van der Waals surface area contributed by atoms with Gasteiger partial charge < -0.3 is 14.2 Å². The molecule has 0 heterocycles. The molecule has 92 valence electrons. The van der Waals surface area contributed by atoms with Crippen molar-refractivity contribution in [3.05, 3.63) is 0 Å². The van der Waals surface area contributed by atoms with E-state index in [1.807, 2.05) is 20.8 Å². The van der Waals surface area contributed by atoms with Crippen molar-refractivity contribution in [2.45, 2.75) is 40.2 Å². The summed E-state index contributed by atoms with van der Waals surface area (Å²) in [5, 5.41) is 0. The van der Waals surface area contributed by atoms with Gasteiger partial charge in [0.2, 0.25) is 0 Å². The third-order valence-corrected chi connectivity index (χ3v) is 1.64. The quantitative estimate of drug-likeness (QED) is 0.642. The Labute approximate surface area is 92.9 Å². The van der Waals surface area contributed by atoms with Gasteiger partial charge in [0.25, 0.3) is 0 Å². The molecule has 0 aliphatic carbocycles. The molecule has 0 rings (SSSR count). The van der Waals surface area contributed by atoms with Gasteiger partial charge >= 0.3 is 5.97 Å². The van der Waals surface area contributed by atoms with Crippen molar-refractivity contribution in [1.29, 1.82) is 0 Å². The molecule has 0 saturated carbocycles. The summed E-state index contributed by atoms with van der Waals surface area (Å²) in [6.07, 6.45) is 0.926. The minimum absolute atomic E-state index is 0.166. The first kappa shape index (κ1) is 16.8. The van der Waals surface area contributed by atoms with E-state index in [9.17, 15) is 4.79 Å². The average molecular weight is 220 g/mol. The van der Waals surface area contributed by atoms with Crippen LogP contribution >= 0.6 is 0 Å². The molecule has 0 bridgehead atoms. The summed E-state index contributed by atoms with van der Waals surface area (Å²) >= 11 is 0. The molecule has 4 nitrogen and oxygen atoms in total. The number of ether oxygens (including phenoxy) is 3. The van der Waals surface area contributed by atoms with Crippen LogP contribution in [-0.2, 0) is 19.0 Å². The standard InChI is InChI=1S/C7H14O3.C4H10O/c1-6(9-3)4-5-10-7(2)8;1-3-5-4-2/h6H,4-5H2,1-3H3;3-4H2,1-2H3. The number of carbonyl (C=O) groups is 1. The molecular formula is C11H24O4. The predicted octanol–water partition coefficient (Wildman–Crippen LogP) is 2.02. The largest absolute Gasteiger partial charge is 0.466 e. The third-order valence-electron chi connectivity index (χ3n) is 1.64. The van der Waals surface area contributed by atoms with E-state index < -0.39 is 0 Å². The van der Waals surface area contributed by atoms with Crippen LogP contribution in [0.2, 0.25) is 0 Å². The number of esters is 1. The maximum atomic E-state index is 10.3. The van der Waals surface area contributed by atoms with Crippen molar-refractivity contribution in [2.24, 2.45) is 0 Å². The van der Waals surface area contributed by atoms with Crippen molar-refractivity contribution in [3.63, 3.8) is 0 Å². The van der Waals surface area contributed by atoms with E-state index in [0.717, 1.165) is 19.6 Å². The summed E-state index contributed by atoms with van der Waals surface area (Å²) in [6, 6.07) is 0. The Hall–Kier alpha value is -0.610. The van der Waals surface area contributed by atoms with Crippen LogP contribution < -0.4 is 0 Å². The summed E-state index contributed by atoms with van der Waals surface area (Å²) in [5.74, 6) is -0.233. The Morgan fingerprint density at radius 3 is 2.07 bits per heavy atom. The second-order valence-electron chi connectivity index (χ2n) is 2.96. The predicted molar refractivity (Wildman–Crippen MR) is 59.9 cm³/mol. The van der Waals surface area contributed by atoms with E-state index in [4.69, 9.17) is 14.2 Å². The summed E-state index contributed by atoms with van der Waals surface area (Å²) in [6.45, 7) is 9.45. The molecule has 0 amide bonds. The van der Waals surface area contributed by atoms with E-state index >= 15 is 0 Å². The van der Waals surface area contributed by atoms with Gasteiger partial charge in [-0.2, -0.15) is 0 Å². The molecule has 0 aliphatic rings. The lowest BCUT2D eigenvalue weighted by atomic mass is 10.3. The Morgan fingerprint density at radius 2 is 1.80 bits per heavy atom. The number of rotatable bonds is 6. The Morgan fingerprint density at radius 1 is 1.27 bits per heavy atom. The fourth-order valence-corrected chi connectivity index (χ4v) is 0.691. The molecular weight excluding hydrogens is 196 g/mol. The molecule has 0 aromatic carbocycles. The normalized spacial score (nSPS) is 11.3. The van der Waals surface area contributed by atoms with Gasteiger partial charge in [-0.1, -0.05) is 0 Å². The highest BCUT2D eigenvalue weighted by molar-refractivity contribution is 5.65. The summed E-state index contributed by atoms with van der Waals surface area (Å²) in [5.41, 5.74) is 0. The van der Waals surface area contributed by atoms with E-state index in [2.05, 4.69) is 0 Å². The van der Waals surface area contributed by atoms with Gasteiger partial charge in [0.1, 0.15) is 0 Å². The third kappa shape index (κ3) is 19.7. The van der Waals surface area contributed by atoms with Crippen LogP contribution in [-0.4, -0.2) is 39.0 Å². The Kier molecular flexibility index (Phi) is 15.0. The molecule has 0 fully saturated rings. The van der Waals surface area contributed by atoms with Crippen LogP contribution in [0.4, 0.5) is 0 Å².